The number of hydrogen-bond acceptors (Lipinski definition) is 2. The van der Waals surface area contributed by atoms with Gasteiger partial charge in [-0.15, -0.1) is 0 Å². The second-order valence-electron chi connectivity index (χ2n) is 3.64. The van der Waals surface area contributed by atoms with Crippen LogP contribution in [0.1, 0.15) is 38.4 Å². The predicted octanol–water partition coefficient (Wildman–Crippen LogP) is 2.93. The van der Waals surface area contributed by atoms with Crippen LogP contribution in [0.2, 0.25) is 0 Å². The molecule has 2 atom stereocenters. The van der Waals surface area contributed by atoms with E-state index in [0.29, 0.717) is 6.61 Å². The quantitative estimate of drug-likeness (QED) is 0.779. The zero-order valence-corrected chi connectivity index (χ0v) is 9.52. The molecule has 0 aliphatic carbocycles. The zero-order valence-electron chi connectivity index (χ0n) is 9.52. The summed E-state index contributed by atoms with van der Waals surface area (Å²) in [5.41, 5.74) is 1.06. The molecular weight excluding hydrogens is 188 g/mol. The minimum Gasteiger partial charge on any atom is -0.390 e. The summed E-state index contributed by atoms with van der Waals surface area (Å²) in [4.78, 5) is 0. The van der Waals surface area contributed by atoms with Gasteiger partial charge in [-0.05, 0) is 18.9 Å². The van der Waals surface area contributed by atoms with Crippen LogP contribution in [-0.4, -0.2) is 17.8 Å². The fourth-order valence-electron chi connectivity index (χ4n) is 1.70. The van der Waals surface area contributed by atoms with Crippen molar-refractivity contribution in [3.63, 3.8) is 0 Å². The molecule has 2 nitrogen and oxygen atoms in total. The largest absolute Gasteiger partial charge is 0.390 e. The second kappa shape index (κ2) is 6.59. The Kier molecular flexibility index (Phi) is 5.37. The Hall–Kier alpha value is -0.860. The molecule has 1 aromatic rings. The normalized spacial score (nSPS) is 14.9. The predicted molar refractivity (Wildman–Crippen MR) is 61.7 cm³/mol. The van der Waals surface area contributed by atoms with Gasteiger partial charge in [-0.1, -0.05) is 43.7 Å². The van der Waals surface area contributed by atoms with Crippen molar-refractivity contribution in [1.29, 1.82) is 0 Å². The monoisotopic (exact) mass is 208 g/mol. The molecule has 0 aliphatic heterocycles. The molecular formula is C13H20O2. The van der Waals surface area contributed by atoms with Crippen molar-refractivity contribution in [1.82, 2.24) is 0 Å². The van der Waals surface area contributed by atoms with E-state index < -0.39 is 6.10 Å². The lowest BCUT2D eigenvalue weighted by molar-refractivity contribution is -0.0379. The molecule has 0 aromatic heterocycles. The number of aliphatic hydroxyl groups excluding tert-OH is 1. The van der Waals surface area contributed by atoms with Crippen LogP contribution < -0.4 is 0 Å². The van der Waals surface area contributed by atoms with E-state index >= 15 is 0 Å². The van der Waals surface area contributed by atoms with Gasteiger partial charge in [-0.2, -0.15) is 0 Å². The fourth-order valence-corrected chi connectivity index (χ4v) is 1.70. The molecule has 15 heavy (non-hydrogen) atoms. The lowest BCUT2D eigenvalue weighted by atomic mass is 10.0. The van der Waals surface area contributed by atoms with Crippen LogP contribution in [0.3, 0.4) is 0 Å². The molecule has 0 bridgehead atoms. The van der Waals surface area contributed by atoms with E-state index in [1.165, 1.54) is 0 Å². The molecule has 84 valence electrons. The van der Waals surface area contributed by atoms with Crippen molar-refractivity contribution >= 4 is 0 Å². The van der Waals surface area contributed by atoms with Crippen molar-refractivity contribution in [3.8, 4) is 0 Å². The highest BCUT2D eigenvalue weighted by Gasteiger charge is 2.20. The third kappa shape index (κ3) is 3.65. The number of aliphatic hydroxyl groups is 1. The lowest BCUT2D eigenvalue weighted by Crippen LogP contribution is -2.21. The van der Waals surface area contributed by atoms with Crippen molar-refractivity contribution in [2.24, 2.45) is 0 Å². The van der Waals surface area contributed by atoms with Gasteiger partial charge in [-0.3, -0.25) is 0 Å². The van der Waals surface area contributed by atoms with Gasteiger partial charge in [0.1, 0.15) is 6.10 Å². The molecule has 0 amide bonds. The van der Waals surface area contributed by atoms with Crippen LogP contribution in [0.4, 0.5) is 0 Å². The molecule has 2 unspecified atom stereocenters. The third-order valence-electron chi connectivity index (χ3n) is 2.41. The molecule has 1 N–H and O–H groups in total. The Bertz CT molecular complexity index is 258. The van der Waals surface area contributed by atoms with Gasteiger partial charge in [0.2, 0.25) is 0 Å². The summed E-state index contributed by atoms with van der Waals surface area (Å²) >= 11 is 0. The maximum atomic E-state index is 9.97. The van der Waals surface area contributed by atoms with Crippen LogP contribution >= 0.6 is 0 Å². The van der Waals surface area contributed by atoms with Gasteiger partial charge in [0, 0.05) is 6.61 Å². The first-order valence-corrected chi connectivity index (χ1v) is 5.64. The van der Waals surface area contributed by atoms with Crippen LogP contribution in [0.15, 0.2) is 30.3 Å². The van der Waals surface area contributed by atoms with E-state index in [9.17, 15) is 5.11 Å². The van der Waals surface area contributed by atoms with Crippen LogP contribution in [0, 0.1) is 0 Å². The van der Waals surface area contributed by atoms with Crippen molar-refractivity contribution in [2.45, 2.75) is 38.9 Å². The SMILES string of the molecule is CCCC(O)C(OCC)c1ccccc1. The Labute approximate surface area is 91.9 Å². The molecule has 0 aliphatic rings. The summed E-state index contributed by atoms with van der Waals surface area (Å²) in [7, 11) is 0. The summed E-state index contributed by atoms with van der Waals surface area (Å²) in [6.45, 7) is 4.65. The molecule has 1 rings (SSSR count). The Morgan fingerprint density at radius 2 is 1.87 bits per heavy atom. The number of ether oxygens (including phenoxy) is 1. The summed E-state index contributed by atoms with van der Waals surface area (Å²) in [6.07, 6.45) is 1.16. The van der Waals surface area contributed by atoms with Crippen LogP contribution in [-0.2, 0) is 4.74 Å². The smallest absolute Gasteiger partial charge is 0.108 e. The minimum absolute atomic E-state index is 0.184. The Balaban J connectivity index is 2.73. The van der Waals surface area contributed by atoms with Gasteiger partial charge >= 0.3 is 0 Å². The van der Waals surface area contributed by atoms with Crippen molar-refractivity contribution in [3.05, 3.63) is 35.9 Å². The molecule has 0 spiro atoms. The first kappa shape index (κ1) is 12.2. The molecule has 0 heterocycles. The first-order valence-electron chi connectivity index (χ1n) is 5.64. The van der Waals surface area contributed by atoms with E-state index in [4.69, 9.17) is 4.74 Å². The van der Waals surface area contributed by atoms with Gasteiger partial charge in [-0.25, -0.2) is 0 Å². The van der Waals surface area contributed by atoms with Gasteiger partial charge in [0.15, 0.2) is 0 Å². The average molecular weight is 208 g/mol. The molecule has 0 fully saturated rings. The van der Waals surface area contributed by atoms with Gasteiger partial charge in [0.25, 0.3) is 0 Å². The second-order valence-corrected chi connectivity index (χ2v) is 3.64. The van der Waals surface area contributed by atoms with Crippen molar-refractivity contribution < 1.29 is 9.84 Å². The van der Waals surface area contributed by atoms with Crippen molar-refractivity contribution in [2.75, 3.05) is 6.61 Å². The maximum Gasteiger partial charge on any atom is 0.108 e. The van der Waals surface area contributed by atoms with Crippen LogP contribution in [0.25, 0.3) is 0 Å². The lowest BCUT2D eigenvalue weighted by Gasteiger charge is -2.22. The number of rotatable bonds is 6. The van der Waals surface area contributed by atoms with Gasteiger partial charge in [0.05, 0.1) is 6.10 Å². The molecule has 0 radical (unpaired) electrons. The highest BCUT2D eigenvalue weighted by Crippen LogP contribution is 2.23. The summed E-state index contributed by atoms with van der Waals surface area (Å²) in [5.74, 6) is 0. The average Bonchev–Trinajstić information content (AvgIpc) is 2.27. The molecule has 2 heteroatoms. The third-order valence-corrected chi connectivity index (χ3v) is 2.41. The highest BCUT2D eigenvalue weighted by molar-refractivity contribution is 5.18. The molecule has 1 aromatic carbocycles. The van der Waals surface area contributed by atoms with Crippen LogP contribution in [0.5, 0.6) is 0 Å². The standard InChI is InChI=1S/C13H20O2/c1-3-8-12(14)13(15-4-2)11-9-6-5-7-10-11/h5-7,9-10,12-14H,3-4,8H2,1-2H3. The number of benzene rings is 1. The minimum atomic E-state index is -0.405. The Morgan fingerprint density at radius 3 is 2.40 bits per heavy atom. The zero-order chi connectivity index (χ0) is 11.1. The van der Waals surface area contributed by atoms with E-state index in [1.807, 2.05) is 37.3 Å². The van der Waals surface area contributed by atoms with E-state index in [2.05, 4.69) is 6.92 Å². The topological polar surface area (TPSA) is 29.5 Å². The summed E-state index contributed by atoms with van der Waals surface area (Å²) in [5, 5.41) is 9.97. The first-order chi connectivity index (χ1) is 7.29. The summed E-state index contributed by atoms with van der Waals surface area (Å²) in [6, 6.07) is 9.91. The summed E-state index contributed by atoms with van der Waals surface area (Å²) < 4.78 is 5.59. The van der Waals surface area contributed by atoms with Gasteiger partial charge < -0.3 is 9.84 Å². The number of hydrogen-bond donors (Lipinski definition) is 1. The Morgan fingerprint density at radius 1 is 1.20 bits per heavy atom. The highest BCUT2D eigenvalue weighted by atomic mass is 16.5. The molecule has 0 saturated heterocycles. The van der Waals surface area contributed by atoms with E-state index in [0.717, 1.165) is 18.4 Å². The fraction of sp³-hybridized carbons (Fsp3) is 0.538. The molecule has 0 saturated carbocycles. The van der Waals surface area contributed by atoms with E-state index in [1.54, 1.807) is 0 Å². The maximum absolute atomic E-state index is 9.97. The van der Waals surface area contributed by atoms with E-state index in [-0.39, 0.29) is 6.10 Å².